The van der Waals surface area contributed by atoms with Gasteiger partial charge in [0.15, 0.2) is 0 Å². The minimum atomic E-state index is 0.161. The Bertz CT molecular complexity index is 197. The molecule has 0 fully saturated rings. The summed E-state index contributed by atoms with van der Waals surface area (Å²) in [6.45, 7) is 1.05. The SMILES string of the molecule is CNCc1ccc(CO)s1. The highest BCUT2D eigenvalue weighted by atomic mass is 32.1. The van der Waals surface area contributed by atoms with E-state index in [1.807, 2.05) is 19.2 Å². The summed E-state index contributed by atoms with van der Waals surface area (Å²) in [5.74, 6) is 0. The van der Waals surface area contributed by atoms with Crippen LogP contribution in [0.2, 0.25) is 0 Å². The van der Waals surface area contributed by atoms with Crippen LogP contribution < -0.4 is 5.32 Å². The molecule has 56 valence electrons. The second kappa shape index (κ2) is 3.71. The van der Waals surface area contributed by atoms with Crippen molar-refractivity contribution in [3.8, 4) is 0 Å². The minimum absolute atomic E-state index is 0.161. The molecule has 0 spiro atoms. The molecule has 10 heavy (non-hydrogen) atoms. The first-order chi connectivity index (χ1) is 4.86. The Kier molecular flexibility index (Phi) is 2.86. The van der Waals surface area contributed by atoms with E-state index in [2.05, 4.69) is 5.32 Å². The van der Waals surface area contributed by atoms with E-state index in [0.717, 1.165) is 11.4 Å². The Morgan fingerprint density at radius 1 is 1.50 bits per heavy atom. The Labute approximate surface area is 64.5 Å². The van der Waals surface area contributed by atoms with Gasteiger partial charge in [-0.2, -0.15) is 0 Å². The Balaban J connectivity index is 2.59. The third-order valence-corrected chi connectivity index (χ3v) is 2.29. The van der Waals surface area contributed by atoms with Crippen LogP contribution in [0.3, 0.4) is 0 Å². The van der Waals surface area contributed by atoms with Crippen LogP contribution in [0.4, 0.5) is 0 Å². The zero-order valence-corrected chi connectivity index (χ0v) is 6.74. The number of hydrogen-bond donors (Lipinski definition) is 2. The smallest absolute Gasteiger partial charge is 0.0774 e. The fourth-order valence-corrected chi connectivity index (χ4v) is 1.67. The van der Waals surface area contributed by atoms with Gasteiger partial charge in [0.25, 0.3) is 0 Å². The van der Waals surface area contributed by atoms with E-state index >= 15 is 0 Å². The van der Waals surface area contributed by atoms with E-state index < -0.39 is 0 Å². The minimum Gasteiger partial charge on any atom is -0.391 e. The second-order valence-electron chi connectivity index (χ2n) is 2.06. The number of thiophene rings is 1. The van der Waals surface area contributed by atoms with Crippen LogP contribution in [0, 0.1) is 0 Å². The summed E-state index contributed by atoms with van der Waals surface area (Å²) in [4.78, 5) is 2.30. The van der Waals surface area contributed by atoms with Gasteiger partial charge in [-0.15, -0.1) is 11.3 Å². The van der Waals surface area contributed by atoms with Crippen LogP contribution >= 0.6 is 11.3 Å². The lowest BCUT2D eigenvalue weighted by molar-refractivity contribution is 0.285. The van der Waals surface area contributed by atoms with Gasteiger partial charge in [0, 0.05) is 16.3 Å². The molecule has 3 heteroatoms. The lowest BCUT2D eigenvalue weighted by atomic mass is 10.4. The van der Waals surface area contributed by atoms with Crippen molar-refractivity contribution < 1.29 is 5.11 Å². The van der Waals surface area contributed by atoms with Gasteiger partial charge in [-0.1, -0.05) is 0 Å². The summed E-state index contributed by atoms with van der Waals surface area (Å²) < 4.78 is 0. The fourth-order valence-electron chi connectivity index (χ4n) is 0.777. The average Bonchev–Trinajstić information content (AvgIpc) is 2.37. The summed E-state index contributed by atoms with van der Waals surface area (Å²) in [6, 6.07) is 3.99. The molecule has 0 unspecified atom stereocenters. The van der Waals surface area contributed by atoms with Gasteiger partial charge in [-0.3, -0.25) is 0 Å². The molecule has 1 rings (SSSR count). The van der Waals surface area contributed by atoms with Crippen LogP contribution in [0.25, 0.3) is 0 Å². The molecule has 0 aliphatic rings. The molecule has 1 aromatic heterocycles. The van der Waals surface area contributed by atoms with Crippen molar-refractivity contribution in [1.82, 2.24) is 5.32 Å². The normalized spacial score (nSPS) is 10.2. The van der Waals surface area contributed by atoms with Crippen LogP contribution in [-0.4, -0.2) is 12.2 Å². The quantitative estimate of drug-likeness (QED) is 0.685. The molecule has 2 nitrogen and oxygen atoms in total. The first kappa shape index (κ1) is 7.72. The highest BCUT2D eigenvalue weighted by Crippen LogP contribution is 2.15. The van der Waals surface area contributed by atoms with Crippen molar-refractivity contribution in [1.29, 1.82) is 0 Å². The predicted octanol–water partition coefficient (Wildman–Crippen LogP) is 0.960. The van der Waals surface area contributed by atoms with Gasteiger partial charge in [0.2, 0.25) is 0 Å². The first-order valence-corrected chi connectivity index (χ1v) is 4.01. The molecule has 0 atom stereocenters. The van der Waals surface area contributed by atoms with Crippen LogP contribution in [0.1, 0.15) is 9.75 Å². The maximum Gasteiger partial charge on any atom is 0.0774 e. The molecule has 0 saturated carbocycles. The first-order valence-electron chi connectivity index (χ1n) is 3.20. The Hall–Kier alpha value is -0.380. The number of nitrogens with one attached hydrogen (secondary N) is 1. The summed E-state index contributed by atoms with van der Waals surface area (Å²) in [5, 5.41) is 11.8. The van der Waals surface area contributed by atoms with Gasteiger partial charge in [0.1, 0.15) is 0 Å². The zero-order chi connectivity index (χ0) is 7.40. The third-order valence-electron chi connectivity index (χ3n) is 1.22. The maximum absolute atomic E-state index is 8.71. The summed E-state index contributed by atoms with van der Waals surface area (Å²) >= 11 is 1.64. The summed E-state index contributed by atoms with van der Waals surface area (Å²) in [7, 11) is 1.92. The number of aliphatic hydroxyl groups is 1. The van der Waals surface area contributed by atoms with Crippen LogP contribution in [0.5, 0.6) is 0 Å². The summed E-state index contributed by atoms with van der Waals surface area (Å²) in [6.07, 6.45) is 0. The van der Waals surface area contributed by atoms with E-state index in [0.29, 0.717) is 0 Å². The van der Waals surface area contributed by atoms with E-state index in [1.54, 1.807) is 11.3 Å². The second-order valence-corrected chi connectivity index (χ2v) is 3.31. The highest BCUT2D eigenvalue weighted by molar-refractivity contribution is 7.11. The van der Waals surface area contributed by atoms with Crippen LogP contribution in [0.15, 0.2) is 12.1 Å². The average molecular weight is 157 g/mol. The number of hydrogen-bond acceptors (Lipinski definition) is 3. The van der Waals surface area contributed by atoms with Crippen molar-refractivity contribution in [3.05, 3.63) is 21.9 Å². The van der Waals surface area contributed by atoms with E-state index in [-0.39, 0.29) is 6.61 Å². The van der Waals surface area contributed by atoms with Crippen molar-refractivity contribution in [3.63, 3.8) is 0 Å². The summed E-state index contributed by atoms with van der Waals surface area (Å²) in [5.41, 5.74) is 0. The maximum atomic E-state index is 8.71. The number of rotatable bonds is 3. The predicted molar refractivity (Wildman–Crippen MR) is 43.0 cm³/mol. The molecule has 0 aliphatic heterocycles. The fraction of sp³-hybridized carbons (Fsp3) is 0.429. The van der Waals surface area contributed by atoms with Crippen molar-refractivity contribution in [2.24, 2.45) is 0 Å². The molecule has 0 amide bonds. The largest absolute Gasteiger partial charge is 0.391 e. The van der Waals surface area contributed by atoms with E-state index in [1.165, 1.54) is 4.88 Å². The molecule has 0 radical (unpaired) electrons. The van der Waals surface area contributed by atoms with E-state index in [4.69, 9.17) is 5.11 Å². The molecule has 2 N–H and O–H groups in total. The van der Waals surface area contributed by atoms with Gasteiger partial charge < -0.3 is 10.4 Å². The van der Waals surface area contributed by atoms with Gasteiger partial charge >= 0.3 is 0 Å². The third kappa shape index (κ3) is 1.80. The van der Waals surface area contributed by atoms with Crippen molar-refractivity contribution >= 4 is 11.3 Å². The van der Waals surface area contributed by atoms with Crippen molar-refractivity contribution in [2.45, 2.75) is 13.2 Å². The van der Waals surface area contributed by atoms with Gasteiger partial charge in [-0.25, -0.2) is 0 Å². The molecular formula is C7H11NOS. The zero-order valence-electron chi connectivity index (χ0n) is 5.92. The topological polar surface area (TPSA) is 32.3 Å². The Morgan fingerprint density at radius 2 is 2.20 bits per heavy atom. The highest BCUT2D eigenvalue weighted by Gasteiger charge is 1.95. The lowest BCUT2D eigenvalue weighted by Gasteiger charge is -1.90. The van der Waals surface area contributed by atoms with Gasteiger partial charge in [0.05, 0.1) is 6.61 Å². The van der Waals surface area contributed by atoms with Crippen molar-refractivity contribution in [2.75, 3.05) is 7.05 Å². The number of aliphatic hydroxyl groups excluding tert-OH is 1. The monoisotopic (exact) mass is 157 g/mol. The molecule has 0 bridgehead atoms. The lowest BCUT2D eigenvalue weighted by Crippen LogP contribution is -2.02. The molecular weight excluding hydrogens is 146 g/mol. The molecule has 0 aromatic carbocycles. The molecule has 1 aromatic rings. The molecule has 1 heterocycles. The van der Waals surface area contributed by atoms with Gasteiger partial charge in [-0.05, 0) is 19.2 Å². The molecule has 0 aliphatic carbocycles. The standard InChI is InChI=1S/C7H11NOS/c1-8-4-6-2-3-7(5-9)10-6/h2-3,8-9H,4-5H2,1H3. The van der Waals surface area contributed by atoms with E-state index in [9.17, 15) is 0 Å². The Morgan fingerprint density at radius 3 is 2.70 bits per heavy atom. The molecule has 0 saturated heterocycles. The van der Waals surface area contributed by atoms with Crippen LogP contribution in [-0.2, 0) is 13.2 Å².